The van der Waals surface area contributed by atoms with Crippen LogP contribution in [0.4, 0.5) is 0 Å². The van der Waals surface area contributed by atoms with Crippen LogP contribution < -0.4 is 16.0 Å². The van der Waals surface area contributed by atoms with E-state index in [0.29, 0.717) is 19.0 Å². The fourth-order valence-corrected chi connectivity index (χ4v) is 1.78. The van der Waals surface area contributed by atoms with Crippen LogP contribution in [0, 0.1) is 12.3 Å². The molecule has 3 N–H and O–H groups in total. The number of hydrogen-bond acceptors (Lipinski definition) is 3. The second-order valence-electron chi connectivity index (χ2n) is 6.32. The van der Waals surface area contributed by atoms with Crippen LogP contribution in [-0.2, 0) is 4.79 Å². The smallest absolute Gasteiger partial charge is 0.225 e. The predicted molar refractivity (Wildman–Crippen MR) is 104 cm³/mol. The van der Waals surface area contributed by atoms with E-state index in [1.54, 1.807) is 7.05 Å². The number of amides is 1. The molecule has 0 radical (unpaired) electrons. The van der Waals surface area contributed by atoms with Crippen molar-refractivity contribution in [1.82, 2.24) is 16.0 Å². The molecule has 1 rings (SSSR count). The van der Waals surface area contributed by atoms with Gasteiger partial charge in [-0.1, -0.05) is 20.8 Å². The number of carbonyl (C=O) groups is 1. The van der Waals surface area contributed by atoms with Crippen molar-refractivity contribution in [1.29, 1.82) is 0 Å². The molecular weight excluding hydrogens is 407 g/mol. The summed E-state index contributed by atoms with van der Waals surface area (Å²) in [6.07, 6.45) is 0. The largest absolute Gasteiger partial charge is 0.464 e. The third-order valence-electron chi connectivity index (χ3n) is 3.15. The Morgan fingerprint density at radius 1 is 1.26 bits per heavy atom. The minimum Gasteiger partial charge on any atom is -0.464 e. The molecule has 0 spiro atoms. The summed E-state index contributed by atoms with van der Waals surface area (Å²) in [6, 6.07) is 3.90. The van der Waals surface area contributed by atoms with E-state index in [1.165, 1.54) is 0 Å². The molecule has 1 unspecified atom stereocenters. The maximum atomic E-state index is 11.7. The van der Waals surface area contributed by atoms with E-state index in [4.69, 9.17) is 4.42 Å². The molecule has 1 heterocycles. The van der Waals surface area contributed by atoms with Gasteiger partial charge in [0.05, 0.1) is 6.04 Å². The molecule has 0 fully saturated rings. The van der Waals surface area contributed by atoms with Gasteiger partial charge in [-0.3, -0.25) is 9.79 Å². The molecule has 7 heteroatoms. The first-order chi connectivity index (χ1) is 10.2. The van der Waals surface area contributed by atoms with Crippen molar-refractivity contribution in [2.45, 2.75) is 40.7 Å². The lowest BCUT2D eigenvalue weighted by molar-refractivity contribution is -0.128. The second kappa shape index (κ2) is 9.79. The summed E-state index contributed by atoms with van der Waals surface area (Å²) < 4.78 is 5.58. The standard InChI is InChI=1S/C16H28N4O2.HI/c1-11-7-8-13(22-11)12(2)20-15(17-6)19-10-9-18-14(21)16(3,4)5;/h7-8,12H,9-10H2,1-6H3,(H,18,21)(H2,17,19,20);1H. The van der Waals surface area contributed by atoms with Gasteiger partial charge in [0.1, 0.15) is 11.5 Å². The van der Waals surface area contributed by atoms with Crippen molar-refractivity contribution in [3.63, 3.8) is 0 Å². The Balaban J connectivity index is 0.00000484. The fourth-order valence-electron chi connectivity index (χ4n) is 1.78. The van der Waals surface area contributed by atoms with Crippen molar-refractivity contribution in [3.05, 3.63) is 23.7 Å². The highest BCUT2D eigenvalue weighted by Crippen LogP contribution is 2.15. The van der Waals surface area contributed by atoms with Crippen molar-refractivity contribution in [2.75, 3.05) is 20.1 Å². The summed E-state index contributed by atoms with van der Waals surface area (Å²) in [7, 11) is 1.71. The molecule has 0 aliphatic rings. The molecule has 0 aliphatic heterocycles. The van der Waals surface area contributed by atoms with E-state index < -0.39 is 0 Å². The number of nitrogens with zero attached hydrogens (tertiary/aromatic N) is 1. The third kappa shape index (κ3) is 7.71. The van der Waals surface area contributed by atoms with Gasteiger partial charge in [0.25, 0.3) is 0 Å². The van der Waals surface area contributed by atoms with Crippen LogP contribution in [0.1, 0.15) is 45.3 Å². The highest BCUT2D eigenvalue weighted by atomic mass is 127. The molecule has 23 heavy (non-hydrogen) atoms. The van der Waals surface area contributed by atoms with Gasteiger partial charge in [-0.25, -0.2) is 0 Å². The molecule has 0 saturated heterocycles. The average Bonchev–Trinajstić information content (AvgIpc) is 2.87. The van der Waals surface area contributed by atoms with E-state index >= 15 is 0 Å². The quantitative estimate of drug-likeness (QED) is 0.287. The van der Waals surface area contributed by atoms with Crippen LogP contribution in [0.25, 0.3) is 0 Å². The SMILES string of the molecule is CN=C(NCCNC(=O)C(C)(C)C)NC(C)c1ccc(C)o1.I. The summed E-state index contributed by atoms with van der Waals surface area (Å²) in [6.45, 7) is 10.7. The van der Waals surface area contributed by atoms with E-state index in [2.05, 4.69) is 20.9 Å². The van der Waals surface area contributed by atoms with E-state index in [-0.39, 0.29) is 41.3 Å². The van der Waals surface area contributed by atoms with Crippen LogP contribution in [0.2, 0.25) is 0 Å². The normalized spacial score (nSPS) is 13.0. The molecule has 0 bridgehead atoms. The zero-order valence-corrected chi connectivity index (χ0v) is 17.1. The van der Waals surface area contributed by atoms with Gasteiger partial charge in [0, 0.05) is 25.6 Å². The minimum atomic E-state index is -0.369. The van der Waals surface area contributed by atoms with Crippen LogP contribution in [0.5, 0.6) is 0 Å². The number of rotatable bonds is 5. The van der Waals surface area contributed by atoms with E-state index in [0.717, 1.165) is 11.5 Å². The molecule has 6 nitrogen and oxygen atoms in total. The van der Waals surface area contributed by atoms with Crippen LogP contribution in [0.15, 0.2) is 21.5 Å². The summed E-state index contributed by atoms with van der Waals surface area (Å²) in [5, 5.41) is 9.30. The van der Waals surface area contributed by atoms with Gasteiger partial charge in [0.2, 0.25) is 5.91 Å². The maximum absolute atomic E-state index is 11.7. The van der Waals surface area contributed by atoms with Gasteiger partial charge < -0.3 is 20.4 Å². The van der Waals surface area contributed by atoms with Gasteiger partial charge in [-0.15, -0.1) is 24.0 Å². The number of carbonyl (C=O) groups excluding carboxylic acids is 1. The molecule has 0 saturated carbocycles. The summed E-state index contributed by atoms with van der Waals surface area (Å²) in [5.41, 5.74) is -0.369. The third-order valence-corrected chi connectivity index (χ3v) is 3.15. The first-order valence-corrected chi connectivity index (χ1v) is 7.56. The second-order valence-corrected chi connectivity index (χ2v) is 6.32. The Labute approximate surface area is 155 Å². The Kier molecular flexibility index (Phi) is 9.26. The van der Waals surface area contributed by atoms with Crippen LogP contribution >= 0.6 is 24.0 Å². The fraction of sp³-hybridized carbons (Fsp3) is 0.625. The van der Waals surface area contributed by atoms with Crippen molar-refractivity contribution in [3.8, 4) is 0 Å². The first kappa shape index (κ1) is 21.8. The Hall–Kier alpha value is -1.25. The number of aliphatic imine (C=N–C) groups is 1. The van der Waals surface area contributed by atoms with Gasteiger partial charge in [-0.2, -0.15) is 0 Å². The average molecular weight is 436 g/mol. The summed E-state index contributed by atoms with van der Waals surface area (Å²) >= 11 is 0. The minimum absolute atomic E-state index is 0. The molecule has 1 atom stereocenters. The number of aryl methyl sites for hydroxylation is 1. The van der Waals surface area contributed by atoms with Gasteiger partial charge in [0.15, 0.2) is 5.96 Å². The topological polar surface area (TPSA) is 78.7 Å². The van der Waals surface area contributed by atoms with Crippen molar-refractivity contribution >= 4 is 35.8 Å². The van der Waals surface area contributed by atoms with E-state index in [1.807, 2.05) is 46.8 Å². The lowest BCUT2D eigenvalue weighted by Crippen LogP contribution is -2.44. The molecular formula is C16H29IN4O2. The monoisotopic (exact) mass is 436 g/mol. The molecule has 0 aliphatic carbocycles. The summed E-state index contributed by atoms with van der Waals surface area (Å²) in [4.78, 5) is 15.9. The lowest BCUT2D eigenvalue weighted by Gasteiger charge is -2.19. The predicted octanol–water partition coefficient (Wildman–Crippen LogP) is 2.59. The molecule has 1 aromatic heterocycles. The first-order valence-electron chi connectivity index (χ1n) is 7.56. The molecule has 1 amide bonds. The van der Waals surface area contributed by atoms with Crippen molar-refractivity contribution in [2.24, 2.45) is 10.4 Å². The molecule has 132 valence electrons. The van der Waals surface area contributed by atoms with E-state index in [9.17, 15) is 4.79 Å². The van der Waals surface area contributed by atoms with Crippen LogP contribution in [-0.4, -0.2) is 32.0 Å². The number of furan rings is 1. The zero-order chi connectivity index (χ0) is 16.8. The molecule has 0 aromatic carbocycles. The Morgan fingerprint density at radius 2 is 1.87 bits per heavy atom. The molecule has 1 aromatic rings. The van der Waals surface area contributed by atoms with Crippen LogP contribution in [0.3, 0.4) is 0 Å². The number of halogens is 1. The number of hydrogen-bond donors (Lipinski definition) is 3. The van der Waals surface area contributed by atoms with Gasteiger partial charge >= 0.3 is 0 Å². The Bertz CT molecular complexity index is 520. The zero-order valence-electron chi connectivity index (χ0n) is 14.8. The Morgan fingerprint density at radius 3 is 2.35 bits per heavy atom. The lowest BCUT2D eigenvalue weighted by atomic mass is 9.96. The maximum Gasteiger partial charge on any atom is 0.225 e. The number of nitrogens with one attached hydrogen (secondary N) is 3. The highest BCUT2D eigenvalue weighted by Gasteiger charge is 2.20. The number of guanidine groups is 1. The highest BCUT2D eigenvalue weighted by molar-refractivity contribution is 14.0. The summed E-state index contributed by atoms with van der Waals surface area (Å²) in [5.74, 6) is 2.46. The van der Waals surface area contributed by atoms with Crippen molar-refractivity contribution < 1.29 is 9.21 Å². The van der Waals surface area contributed by atoms with Gasteiger partial charge in [-0.05, 0) is 26.0 Å².